The molecule has 0 N–H and O–H groups in total. The molecule has 0 aliphatic carbocycles. The summed E-state index contributed by atoms with van der Waals surface area (Å²) in [5.41, 5.74) is 0. The van der Waals surface area contributed by atoms with Gasteiger partial charge in [0.1, 0.15) is 0 Å². The van der Waals surface area contributed by atoms with Crippen molar-refractivity contribution in [2.45, 2.75) is 19.4 Å². The summed E-state index contributed by atoms with van der Waals surface area (Å²) in [6, 6.07) is 0. The summed E-state index contributed by atoms with van der Waals surface area (Å²) in [7, 11) is 0. The van der Waals surface area contributed by atoms with Crippen molar-refractivity contribution in [3.8, 4) is 0 Å². The standard InChI is InChI=1S/C4H7O.Li/c1-2-4-3-5-4;/h3-4H,2H2,1H3;/q-1;+1/t4-;/m0./s1. The molecule has 0 aromatic carbocycles. The van der Waals surface area contributed by atoms with Crippen LogP contribution in [0.25, 0.3) is 0 Å². The third kappa shape index (κ3) is 1.87. The fourth-order valence-electron chi connectivity index (χ4n) is 0.248. The van der Waals surface area contributed by atoms with E-state index in [0.29, 0.717) is 6.10 Å². The molecule has 1 aliphatic rings. The molecule has 6 heavy (non-hydrogen) atoms. The summed E-state index contributed by atoms with van der Waals surface area (Å²) in [5, 5.41) is 0. The molecule has 1 heterocycles. The molecule has 1 saturated heterocycles. The van der Waals surface area contributed by atoms with Gasteiger partial charge >= 0.3 is 18.9 Å². The van der Waals surface area contributed by atoms with Gasteiger partial charge in [-0.2, -0.15) is 6.61 Å². The zero-order chi connectivity index (χ0) is 3.70. The zero-order valence-corrected chi connectivity index (χ0v) is 4.27. The Hall–Kier alpha value is 0.557. The van der Waals surface area contributed by atoms with Gasteiger partial charge in [-0.1, -0.05) is 19.4 Å². The molecule has 0 saturated carbocycles. The second-order valence-corrected chi connectivity index (χ2v) is 1.22. The molecular weight excluding hydrogens is 71.0 g/mol. The predicted octanol–water partition coefficient (Wildman–Crippen LogP) is -2.04. The Kier molecular flexibility index (Phi) is 2.93. The van der Waals surface area contributed by atoms with Gasteiger partial charge in [-0.15, -0.1) is 0 Å². The van der Waals surface area contributed by atoms with Gasteiger partial charge in [-0.25, -0.2) is 0 Å². The van der Waals surface area contributed by atoms with Gasteiger partial charge < -0.3 is 4.74 Å². The smallest absolute Gasteiger partial charge is 0.570 e. The Balaban J connectivity index is 0.000000250. The third-order valence-electron chi connectivity index (χ3n) is 0.731. The Labute approximate surface area is 50.2 Å². The van der Waals surface area contributed by atoms with E-state index in [1.807, 2.05) is 6.61 Å². The maximum Gasteiger partial charge on any atom is 1.00 e. The molecule has 1 fully saturated rings. The van der Waals surface area contributed by atoms with Crippen molar-refractivity contribution in [1.29, 1.82) is 0 Å². The van der Waals surface area contributed by atoms with Gasteiger partial charge in [0.25, 0.3) is 0 Å². The van der Waals surface area contributed by atoms with Crippen LogP contribution in [0.2, 0.25) is 0 Å². The van der Waals surface area contributed by atoms with Gasteiger partial charge in [0.2, 0.25) is 0 Å². The SMILES string of the molecule is CC[C@H]1[CH-]O1.[Li+]. The van der Waals surface area contributed by atoms with E-state index in [4.69, 9.17) is 4.74 Å². The molecule has 1 aliphatic heterocycles. The summed E-state index contributed by atoms with van der Waals surface area (Å²) >= 11 is 0. The number of hydrogen-bond donors (Lipinski definition) is 0. The van der Waals surface area contributed by atoms with E-state index in [-0.39, 0.29) is 18.9 Å². The molecule has 0 spiro atoms. The molecule has 2 heteroatoms. The van der Waals surface area contributed by atoms with Crippen molar-refractivity contribution in [1.82, 2.24) is 0 Å². The maximum absolute atomic E-state index is 4.73. The number of ether oxygens (including phenoxy) is 1. The first-order valence-electron chi connectivity index (χ1n) is 1.92. The molecule has 0 aromatic heterocycles. The Morgan fingerprint density at radius 3 is 2.33 bits per heavy atom. The first-order chi connectivity index (χ1) is 2.43. The first-order valence-corrected chi connectivity index (χ1v) is 1.92. The fourth-order valence-corrected chi connectivity index (χ4v) is 0.248. The van der Waals surface area contributed by atoms with Crippen molar-refractivity contribution in [2.24, 2.45) is 0 Å². The molecule has 1 atom stereocenters. The average molecular weight is 78.0 g/mol. The van der Waals surface area contributed by atoms with Crippen molar-refractivity contribution in [3.05, 3.63) is 6.61 Å². The van der Waals surface area contributed by atoms with Crippen LogP contribution in [0.3, 0.4) is 0 Å². The first kappa shape index (κ1) is 6.56. The summed E-state index contributed by atoms with van der Waals surface area (Å²) < 4.78 is 4.73. The van der Waals surface area contributed by atoms with Crippen LogP contribution in [0.4, 0.5) is 0 Å². The van der Waals surface area contributed by atoms with E-state index >= 15 is 0 Å². The minimum absolute atomic E-state index is 0. The predicted molar refractivity (Wildman–Crippen MR) is 19.5 cm³/mol. The van der Waals surface area contributed by atoms with Crippen molar-refractivity contribution >= 4 is 0 Å². The molecule has 0 aromatic rings. The van der Waals surface area contributed by atoms with E-state index < -0.39 is 0 Å². The largest absolute Gasteiger partial charge is 1.00 e. The minimum Gasteiger partial charge on any atom is -0.570 e. The Bertz CT molecular complexity index is 34.5. The summed E-state index contributed by atoms with van der Waals surface area (Å²) in [6.07, 6.45) is 1.65. The molecular formula is C4H7LiO. The van der Waals surface area contributed by atoms with Crippen LogP contribution in [0, 0.1) is 6.61 Å². The van der Waals surface area contributed by atoms with Crippen LogP contribution in [-0.2, 0) is 4.74 Å². The van der Waals surface area contributed by atoms with E-state index in [9.17, 15) is 0 Å². The molecule has 30 valence electrons. The summed E-state index contributed by atoms with van der Waals surface area (Å²) in [6.45, 7) is 3.95. The topological polar surface area (TPSA) is 12.5 Å². The molecule has 0 amide bonds. The van der Waals surface area contributed by atoms with Crippen LogP contribution in [0.5, 0.6) is 0 Å². The van der Waals surface area contributed by atoms with Gasteiger partial charge in [0, 0.05) is 0 Å². The van der Waals surface area contributed by atoms with Crippen molar-refractivity contribution < 1.29 is 23.6 Å². The van der Waals surface area contributed by atoms with E-state index in [1.54, 1.807) is 0 Å². The van der Waals surface area contributed by atoms with Gasteiger partial charge in [-0.3, -0.25) is 0 Å². The molecule has 1 nitrogen and oxygen atoms in total. The number of hydrogen-bond acceptors (Lipinski definition) is 1. The van der Waals surface area contributed by atoms with Gasteiger partial charge in [-0.05, 0) is 0 Å². The number of rotatable bonds is 1. The van der Waals surface area contributed by atoms with Crippen LogP contribution in [0.1, 0.15) is 13.3 Å². The average Bonchev–Trinajstić information content (AvgIpc) is 2.12. The quantitative estimate of drug-likeness (QED) is 0.200. The summed E-state index contributed by atoms with van der Waals surface area (Å²) in [5.74, 6) is 0. The second-order valence-electron chi connectivity index (χ2n) is 1.22. The van der Waals surface area contributed by atoms with E-state index in [1.165, 1.54) is 0 Å². The zero-order valence-electron chi connectivity index (χ0n) is 4.27. The third-order valence-corrected chi connectivity index (χ3v) is 0.731. The molecule has 0 unspecified atom stereocenters. The molecule has 0 radical (unpaired) electrons. The van der Waals surface area contributed by atoms with Crippen LogP contribution < -0.4 is 18.9 Å². The number of epoxide rings is 1. The molecule has 1 rings (SSSR count). The molecule has 0 bridgehead atoms. The minimum atomic E-state index is 0. The van der Waals surface area contributed by atoms with Crippen molar-refractivity contribution in [2.75, 3.05) is 0 Å². The summed E-state index contributed by atoms with van der Waals surface area (Å²) in [4.78, 5) is 0. The van der Waals surface area contributed by atoms with Gasteiger partial charge in [0.15, 0.2) is 0 Å². The van der Waals surface area contributed by atoms with Crippen LogP contribution in [0.15, 0.2) is 0 Å². The van der Waals surface area contributed by atoms with Gasteiger partial charge in [0.05, 0.1) is 0 Å². The fraction of sp³-hybridized carbons (Fsp3) is 0.750. The second kappa shape index (κ2) is 2.68. The van der Waals surface area contributed by atoms with E-state index in [2.05, 4.69) is 6.92 Å². The maximum atomic E-state index is 4.73. The van der Waals surface area contributed by atoms with Crippen LogP contribution >= 0.6 is 0 Å². The Morgan fingerprint density at radius 2 is 2.33 bits per heavy atom. The Morgan fingerprint density at radius 1 is 1.83 bits per heavy atom. The normalized spacial score (nSPS) is 28.5. The van der Waals surface area contributed by atoms with Crippen molar-refractivity contribution in [3.63, 3.8) is 0 Å². The van der Waals surface area contributed by atoms with E-state index in [0.717, 1.165) is 6.42 Å². The monoisotopic (exact) mass is 78.1 g/mol. The van der Waals surface area contributed by atoms with Crippen LogP contribution in [-0.4, -0.2) is 6.10 Å².